The second kappa shape index (κ2) is 10.5. The van der Waals surface area contributed by atoms with Gasteiger partial charge in [-0.1, -0.05) is 39.1 Å². The number of amides is 3. The molecular formula is C22H20BrCl2N3O5. The zero-order valence-electron chi connectivity index (χ0n) is 17.7. The number of rotatable bonds is 6. The number of aryl methyl sites for hydroxylation is 2. The van der Waals surface area contributed by atoms with Crippen molar-refractivity contribution in [2.75, 3.05) is 18.5 Å². The molecule has 0 aliphatic carbocycles. The van der Waals surface area contributed by atoms with E-state index in [1.807, 2.05) is 26.0 Å². The third kappa shape index (κ3) is 6.25. The second-order valence-corrected chi connectivity index (χ2v) is 9.22. The molecule has 1 aliphatic heterocycles. The molecule has 0 unspecified atom stereocenters. The third-order valence-electron chi connectivity index (χ3n) is 5.00. The molecule has 3 amide bonds. The first-order valence-electron chi connectivity index (χ1n) is 9.84. The third-order valence-corrected chi connectivity index (χ3v) is 6.60. The molecule has 8 nitrogen and oxygen atoms in total. The van der Waals surface area contributed by atoms with E-state index in [-0.39, 0.29) is 23.6 Å². The monoisotopic (exact) mass is 555 g/mol. The van der Waals surface area contributed by atoms with Crippen LogP contribution in [0.25, 0.3) is 0 Å². The average molecular weight is 557 g/mol. The zero-order chi connectivity index (χ0) is 24.3. The highest BCUT2D eigenvalue weighted by molar-refractivity contribution is 9.10. The van der Waals surface area contributed by atoms with Gasteiger partial charge >= 0.3 is 5.97 Å². The minimum absolute atomic E-state index is 0.0721. The standard InChI is InChI=1S/C22H20BrCl2N3O5/c1-11-6-18(12(2)5-15(11)23)26-19(29)10-33-22(32)14-8-20(30)28(9-14)27-21(31)13-3-4-16(24)17(25)7-13/h3-7,14H,8-10H2,1-2H3,(H,26,29)(H,27,31)/t14-/m0/s1. The number of nitrogens with one attached hydrogen (secondary N) is 2. The molecule has 1 fully saturated rings. The van der Waals surface area contributed by atoms with E-state index in [9.17, 15) is 19.2 Å². The fourth-order valence-electron chi connectivity index (χ4n) is 3.15. The van der Waals surface area contributed by atoms with Gasteiger partial charge in [0.05, 0.1) is 22.5 Å². The summed E-state index contributed by atoms with van der Waals surface area (Å²) in [6.45, 7) is 3.17. The van der Waals surface area contributed by atoms with E-state index in [2.05, 4.69) is 26.7 Å². The molecule has 1 aliphatic rings. The minimum atomic E-state index is -0.809. The summed E-state index contributed by atoms with van der Waals surface area (Å²) < 4.78 is 6.01. The van der Waals surface area contributed by atoms with E-state index in [1.165, 1.54) is 18.2 Å². The van der Waals surface area contributed by atoms with Crippen LogP contribution in [0.15, 0.2) is 34.8 Å². The van der Waals surface area contributed by atoms with Crippen LogP contribution in [-0.4, -0.2) is 41.9 Å². The summed E-state index contributed by atoms with van der Waals surface area (Å²) in [6.07, 6.45) is -0.146. The van der Waals surface area contributed by atoms with Crippen molar-refractivity contribution in [1.29, 1.82) is 0 Å². The largest absolute Gasteiger partial charge is 0.455 e. The van der Waals surface area contributed by atoms with Gasteiger partial charge in [0, 0.05) is 22.1 Å². The summed E-state index contributed by atoms with van der Waals surface area (Å²) in [7, 11) is 0. The molecule has 2 N–H and O–H groups in total. The first-order chi connectivity index (χ1) is 15.5. The first kappa shape index (κ1) is 25.0. The average Bonchev–Trinajstić information content (AvgIpc) is 3.12. The fraction of sp³-hybridized carbons (Fsp3) is 0.273. The summed E-state index contributed by atoms with van der Waals surface area (Å²) >= 11 is 15.2. The van der Waals surface area contributed by atoms with Gasteiger partial charge in [-0.2, -0.15) is 0 Å². The predicted octanol–water partition coefficient (Wildman–Crippen LogP) is 4.05. The normalized spacial score (nSPS) is 15.4. The summed E-state index contributed by atoms with van der Waals surface area (Å²) in [6, 6.07) is 7.99. The molecule has 0 aromatic heterocycles. The number of halogens is 3. The van der Waals surface area contributed by atoms with Crippen LogP contribution in [0.3, 0.4) is 0 Å². The molecule has 33 heavy (non-hydrogen) atoms. The number of benzene rings is 2. The molecule has 0 spiro atoms. The number of nitrogens with zero attached hydrogens (tertiary/aromatic N) is 1. The lowest BCUT2D eigenvalue weighted by Gasteiger charge is -2.17. The molecule has 2 aromatic carbocycles. The highest BCUT2D eigenvalue weighted by Gasteiger charge is 2.36. The Labute approximate surface area is 208 Å². The van der Waals surface area contributed by atoms with Gasteiger partial charge in [0.25, 0.3) is 11.8 Å². The van der Waals surface area contributed by atoms with Crippen LogP contribution in [0.4, 0.5) is 5.69 Å². The van der Waals surface area contributed by atoms with Crippen molar-refractivity contribution >= 4 is 68.5 Å². The van der Waals surface area contributed by atoms with Gasteiger partial charge in [0.15, 0.2) is 6.61 Å². The quantitative estimate of drug-likeness (QED) is 0.522. The number of hydrogen-bond acceptors (Lipinski definition) is 5. The van der Waals surface area contributed by atoms with Crippen LogP contribution in [0.2, 0.25) is 10.0 Å². The minimum Gasteiger partial charge on any atom is -0.455 e. The molecule has 2 aromatic rings. The van der Waals surface area contributed by atoms with E-state index in [0.29, 0.717) is 10.7 Å². The Kier molecular flexibility index (Phi) is 7.99. The topological polar surface area (TPSA) is 105 Å². The number of carbonyl (C=O) groups is 4. The smallest absolute Gasteiger partial charge is 0.311 e. The number of hydrogen-bond donors (Lipinski definition) is 2. The van der Waals surface area contributed by atoms with E-state index < -0.39 is 36.2 Å². The van der Waals surface area contributed by atoms with Gasteiger partial charge in [-0.25, -0.2) is 0 Å². The molecular weight excluding hydrogens is 537 g/mol. The Morgan fingerprint density at radius 1 is 1.12 bits per heavy atom. The van der Waals surface area contributed by atoms with Gasteiger partial charge in [-0.05, 0) is 55.3 Å². The summed E-state index contributed by atoms with van der Waals surface area (Å²) in [5, 5.41) is 4.24. The fourth-order valence-corrected chi connectivity index (χ4v) is 3.91. The molecule has 1 heterocycles. The number of anilines is 1. The van der Waals surface area contributed by atoms with E-state index in [1.54, 1.807) is 0 Å². The molecule has 0 bridgehead atoms. The summed E-state index contributed by atoms with van der Waals surface area (Å²) in [4.78, 5) is 49.2. The lowest BCUT2D eigenvalue weighted by atomic mass is 10.1. The molecule has 0 radical (unpaired) electrons. The Balaban J connectivity index is 1.51. The highest BCUT2D eigenvalue weighted by Crippen LogP contribution is 2.25. The van der Waals surface area contributed by atoms with Gasteiger partial charge in [-0.15, -0.1) is 0 Å². The molecule has 1 saturated heterocycles. The molecule has 1 atom stereocenters. The van der Waals surface area contributed by atoms with Crippen molar-refractivity contribution in [3.05, 3.63) is 61.5 Å². The van der Waals surface area contributed by atoms with Crippen molar-refractivity contribution in [2.45, 2.75) is 20.3 Å². The van der Waals surface area contributed by atoms with E-state index >= 15 is 0 Å². The first-order valence-corrected chi connectivity index (χ1v) is 11.4. The van der Waals surface area contributed by atoms with Gasteiger partial charge in [0.2, 0.25) is 5.91 Å². The van der Waals surface area contributed by atoms with Gasteiger partial charge < -0.3 is 10.1 Å². The Bertz CT molecular complexity index is 1140. The molecule has 0 saturated carbocycles. The van der Waals surface area contributed by atoms with Crippen molar-refractivity contribution < 1.29 is 23.9 Å². The number of carbonyl (C=O) groups excluding carboxylic acids is 4. The van der Waals surface area contributed by atoms with Crippen molar-refractivity contribution in [3.8, 4) is 0 Å². The second-order valence-electron chi connectivity index (χ2n) is 7.55. The van der Waals surface area contributed by atoms with Crippen LogP contribution in [0.1, 0.15) is 27.9 Å². The number of hydrazine groups is 1. The maximum atomic E-state index is 12.4. The Morgan fingerprint density at radius 2 is 1.85 bits per heavy atom. The number of ether oxygens (including phenoxy) is 1. The van der Waals surface area contributed by atoms with Crippen molar-refractivity contribution in [3.63, 3.8) is 0 Å². The maximum Gasteiger partial charge on any atom is 0.311 e. The van der Waals surface area contributed by atoms with E-state index in [4.69, 9.17) is 27.9 Å². The van der Waals surface area contributed by atoms with Crippen LogP contribution < -0.4 is 10.7 Å². The van der Waals surface area contributed by atoms with Crippen molar-refractivity contribution in [1.82, 2.24) is 10.4 Å². The highest BCUT2D eigenvalue weighted by atomic mass is 79.9. The molecule has 11 heteroatoms. The van der Waals surface area contributed by atoms with Gasteiger partial charge in [-0.3, -0.25) is 29.6 Å². The zero-order valence-corrected chi connectivity index (χ0v) is 20.8. The summed E-state index contributed by atoms with van der Waals surface area (Å²) in [5.41, 5.74) is 5.06. The SMILES string of the molecule is Cc1cc(NC(=O)COC(=O)[C@H]2CC(=O)N(NC(=O)c3ccc(Cl)c(Cl)c3)C2)c(C)cc1Br. The number of esters is 1. The van der Waals surface area contributed by atoms with E-state index in [0.717, 1.165) is 20.6 Å². The Morgan fingerprint density at radius 3 is 2.55 bits per heavy atom. The molecule has 174 valence electrons. The van der Waals surface area contributed by atoms with Crippen LogP contribution >= 0.6 is 39.1 Å². The van der Waals surface area contributed by atoms with Crippen LogP contribution in [0, 0.1) is 19.8 Å². The van der Waals surface area contributed by atoms with Gasteiger partial charge in [0.1, 0.15) is 0 Å². The lowest BCUT2D eigenvalue weighted by Crippen LogP contribution is -2.43. The van der Waals surface area contributed by atoms with Crippen LogP contribution in [-0.2, 0) is 19.1 Å². The summed E-state index contributed by atoms with van der Waals surface area (Å²) in [5.74, 6) is -3.03. The van der Waals surface area contributed by atoms with Crippen LogP contribution in [0.5, 0.6) is 0 Å². The lowest BCUT2D eigenvalue weighted by molar-refractivity contribution is -0.151. The predicted molar refractivity (Wildman–Crippen MR) is 127 cm³/mol. The molecule has 3 rings (SSSR count). The van der Waals surface area contributed by atoms with Crippen molar-refractivity contribution in [2.24, 2.45) is 5.92 Å². The Hall–Kier alpha value is -2.62. The maximum absolute atomic E-state index is 12.4.